The van der Waals surface area contributed by atoms with Gasteiger partial charge in [0.25, 0.3) is 0 Å². The Hall–Kier alpha value is -3.23. The molecule has 2 aromatic rings. The summed E-state index contributed by atoms with van der Waals surface area (Å²) < 4.78 is 6.26. The number of aromatic nitrogens is 2. The average Bonchev–Trinajstić information content (AvgIpc) is 3.35. The van der Waals surface area contributed by atoms with Gasteiger partial charge in [0.15, 0.2) is 0 Å². The third-order valence-corrected chi connectivity index (χ3v) is 4.70. The van der Waals surface area contributed by atoms with Crippen LogP contribution in [0.2, 0.25) is 0 Å². The van der Waals surface area contributed by atoms with Crippen molar-refractivity contribution < 1.29 is 19.2 Å². The molecule has 1 amide bonds. The van der Waals surface area contributed by atoms with Crippen molar-refractivity contribution in [1.29, 1.82) is 0 Å². The van der Waals surface area contributed by atoms with Crippen molar-refractivity contribution in [1.82, 2.24) is 14.5 Å². The molecular weight excluding hydrogens is 352 g/mol. The van der Waals surface area contributed by atoms with E-state index in [9.17, 15) is 19.7 Å². The molecule has 27 heavy (non-hydrogen) atoms. The molecule has 1 fully saturated rings. The van der Waals surface area contributed by atoms with Gasteiger partial charge in [-0.1, -0.05) is 30.3 Å². The Morgan fingerprint density at radius 3 is 2.74 bits per heavy atom. The van der Waals surface area contributed by atoms with Crippen LogP contribution in [0.25, 0.3) is 0 Å². The maximum Gasteiger partial charge on any atom is 0.381 e. The fourth-order valence-electron chi connectivity index (χ4n) is 3.35. The van der Waals surface area contributed by atoms with Gasteiger partial charge in [0.05, 0.1) is 7.11 Å². The molecule has 2 atom stereocenters. The Morgan fingerprint density at radius 2 is 2.11 bits per heavy atom. The van der Waals surface area contributed by atoms with E-state index in [0.717, 1.165) is 5.56 Å². The zero-order chi connectivity index (χ0) is 19.4. The predicted octanol–water partition coefficient (Wildman–Crippen LogP) is 1.74. The molecule has 9 nitrogen and oxygen atoms in total. The van der Waals surface area contributed by atoms with Crippen LogP contribution in [0.4, 0.5) is 5.82 Å². The van der Waals surface area contributed by atoms with Crippen LogP contribution in [0.15, 0.2) is 42.9 Å². The quantitative estimate of drug-likeness (QED) is 0.434. The van der Waals surface area contributed by atoms with Gasteiger partial charge in [-0.3, -0.25) is 9.36 Å². The van der Waals surface area contributed by atoms with Crippen molar-refractivity contribution in [3.63, 3.8) is 0 Å². The van der Waals surface area contributed by atoms with Gasteiger partial charge in [-0.15, -0.1) is 0 Å². The van der Waals surface area contributed by atoms with Crippen LogP contribution in [-0.4, -0.2) is 50.9 Å². The highest BCUT2D eigenvalue weighted by Crippen LogP contribution is 2.26. The number of esters is 1. The topological polar surface area (TPSA) is 108 Å². The summed E-state index contributed by atoms with van der Waals surface area (Å²) in [7, 11) is 1.30. The molecule has 3 rings (SSSR count). The zero-order valence-corrected chi connectivity index (χ0v) is 14.9. The predicted molar refractivity (Wildman–Crippen MR) is 94.8 cm³/mol. The van der Waals surface area contributed by atoms with Crippen molar-refractivity contribution in [2.45, 2.75) is 31.3 Å². The van der Waals surface area contributed by atoms with Crippen LogP contribution in [0, 0.1) is 10.1 Å². The van der Waals surface area contributed by atoms with Gasteiger partial charge in [0, 0.05) is 13.0 Å². The summed E-state index contributed by atoms with van der Waals surface area (Å²) in [6, 6.07) is 8.00. The van der Waals surface area contributed by atoms with Crippen LogP contribution in [0.3, 0.4) is 0 Å². The first-order valence-electron chi connectivity index (χ1n) is 8.61. The fourth-order valence-corrected chi connectivity index (χ4v) is 3.35. The fraction of sp³-hybridized carbons (Fsp3) is 0.389. The Morgan fingerprint density at radius 1 is 1.37 bits per heavy atom. The van der Waals surface area contributed by atoms with E-state index in [-0.39, 0.29) is 11.7 Å². The molecule has 2 unspecified atom stereocenters. The zero-order valence-electron chi connectivity index (χ0n) is 14.9. The molecule has 1 aliphatic heterocycles. The molecule has 2 heterocycles. The smallest absolute Gasteiger partial charge is 0.381 e. The molecule has 9 heteroatoms. The van der Waals surface area contributed by atoms with Crippen LogP contribution >= 0.6 is 0 Å². The van der Waals surface area contributed by atoms with Gasteiger partial charge in [0.2, 0.25) is 12.2 Å². The molecule has 1 aliphatic rings. The molecule has 0 radical (unpaired) electrons. The number of nitro groups is 1. The molecule has 0 spiro atoms. The lowest BCUT2D eigenvalue weighted by molar-refractivity contribution is -0.389. The Kier molecular flexibility index (Phi) is 5.49. The Bertz CT molecular complexity index is 835. The van der Waals surface area contributed by atoms with E-state index in [1.54, 1.807) is 0 Å². The summed E-state index contributed by atoms with van der Waals surface area (Å²) >= 11 is 0. The van der Waals surface area contributed by atoms with E-state index < -0.39 is 23.0 Å². The van der Waals surface area contributed by atoms with Gasteiger partial charge < -0.3 is 19.8 Å². The number of rotatable bonds is 6. The molecule has 1 saturated heterocycles. The first-order valence-corrected chi connectivity index (χ1v) is 8.61. The van der Waals surface area contributed by atoms with Crippen LogP contribution in [0.1, 0.15) is 24.4 Å². The molecule has 142 valence electrons. The number of ether oxygens (including phenoxy) is 1. The van der Waals surface area contributed by atoms with Gasteiger partial charge in [0.1, 0.15) is 18.3 Å². The summed E-state index contributed by atoms with van der Waals surface area (Å²) in [5, 5.41) is 11.0. The maximum absolute atomic E-state index is 13.3. The molecular formula is C18H20N4O5. The number of nitrogens with zero attached hydrogens (tertiary/aromatic N) is 4. The first kappa shape index (κ1) is 18.6. The average molecular weight is 372 g/mol. The highest BCUT2D eigenvalue weighted by molar-refractivity contribution is 5.87. The number of benzene rings is 1. The summed E-state index contributed by atoms with van der Waals surface area (Å²) in [6.45, 7) is 0.445. The summed E-state index contributed by atoms with van der Waals surface area (Å²) in [4.78, 5) is 40.9. The monoisotopic (exact) mass is 372 g/mol. The second-order valence-corrected chi connectivity index (χ2v) is 6.35. The number of imidazole rings is 1. The van der Waals surface area contributed by atoms with E-state index in [1.165, 1.54) is 29.1 Å². The summed E-state index contributed by atoms with van der Waals surface area (Å²) in [5.41, 5.74) is 0.904. The molecule has 1 aromatic carbocycles. The van der Waals surface area contributed by atoms with Gasteiger partial charge in [-0.25, -0.2) is 4.79 Å². The Labute approximate surface area is 155 Å². The van der Waals surface area contributed by atoms with Gasteiger partial charge in [-0.05, 0) is 28.3 Å². The molecule has 0 N–H and O–H groups in total. The van der Waals surface area contributed by atoms with E-state index in [0.29, 0.717) is 25.8 Å². The van der Waals surface area contributed by atoms with Crippen LogP contribution in [0.5, 0.6) is 0 Å². The van der Waals surface area contributed by atoms with Crippen molar-refractivity contribution in [2.24, 2.45) is 0 Å². The minimum absolute atomic E-state index is 0.279. The molecule has 0 bridgehead atoms. The number of hydrogen-bond donors (Lipinski definition) is 0. The second-order valence-electron chi connectivity index (χ2n) is 6.35. The van der Waals surface area contributed by atoms with Crippen LogP contribution < -0.4 is 0 Å². The molecule has 0 aliphatic carbocycles. The minimum Gasteiger partial charge on any atom is -0.467 e. The number of hydrogen-bond acceptors (Lipinski definition) is 6. The van der Waals surface area contributed by atoms with Gasteiger partial charge >= 0.3 is 11.8 Å². The normalized spacial score (nSPS) is 17.5. The van der Waals surface area contributed by atoms with Crippen molar-refractivity contribution in [3.05, 3.63) is 58.5 Å². The number of likely N-dealkylation sites (tertiary alicyclic amines) is 1. The van der Waals surface area contributed by atoms with E-state index in [2.05, 4.69) is 4.98 Å². The largest absolute Gasteiger partial charge is 0.467 e. The standard InChI is InChI=1S/C18H20N4O5/c1-27-18(24)14-8-5-9-21(14)17(23)15(10-13-6-3-2-4-7-13)20-11-16(19-12-20)22(25)26/h2-4,6-7,11-12,14-15H,5,8-10H2,1H3. The van der Waals surface area contributed by atoms with E-state index in [1.807, 2.05) is 30.3 Å². The number of amides is 1. The van der Waals surface area contributed by atoms with Crippen molar-refractivity contribution in [3.8, 4) is 0 Å². The lowest BCUT2D eigenvalue weighted by Crippen LogP contribution is -2.45. The Balaban J connectivity index is 1.91. The number of carbonyl (C=O) groups is 2. The third-order valence-electron chi connectivity index (χ3n) is 4.70. The van der Waals surface area contributed by atoms with Crippen molar-refractivity contribution >= 4 is 17.7 Å². The van der Waals surface area contributed by atoms with E-state index in [4.69, 9.17) is 4.74 Å². The van der Waals surface area contributed by atoms with Crippen LogP contribution in [-0.2, 0) is 20.7 Å². The summed E-state index contributed by atoms with van der Waals surface area (Å²) in [5.74, 6) is -1.05. The lowest BCUT2D eigenvalue weighted by atomic mass is 10.0. The lowest BCUT2D eigenvalue weighted by Gasteiger charge is -2.27. The number of methoxy groups -OCH3 is 1. The maximum atomic E-state index is 13.3. The number of carbonyl (C=O) groups excluding carboxylic acids is 2. The van der Waals surface area contributed by atoms with E-state index >= 15 is 0 Å². The highest BCUT2D eigenvalue weighted by Gasteiger charge is 2.38. The third kappa shape index (κ3) is 3.97. The molecule has 0 saturated carbocycles. The second kappa shape index (κ2) is 7.98. The minimum atomic E-state index is -0.737. The highest BCUT2D eigenvalue weighted by atomic mass is 16.6. The van der Waals surface area contributed by atoms with Crippen molar-refractivity contribution in [2.75, 3.05) is 13.7 Å². The summed E-state index contributed by atoms with van der Waals surface area (Å²) in [6.07, 6.45) is 4.10. The molecule has 1 aromatic heterocycles. The first-order chi connectivity index (χ1) is 13.0. The SMILES string of the molecule is COC(=O)C1CCCN1C(=O)C(Cc1ccccc1)n1cnc([N+](=O)[O-])c1. The van der Waals surface area contributed by atoms with Gasteiger partial charge in [-0.2, -0.15) is 0 Å².